The van der Waals surface area contributed by atoms with Crippen LogP contribution in [0.4, 0.5) is 0 Å². The van der Waals surface area contributed by atoms with E-state index >= 15 is 0 Å². The first-order chi connectivity index (χ1) is 9.13. The smallest absolute Gasteiger partial charge is 0.318 e. The number of nitrogens with zero attached hydrogens (tertiary/aromatic N) is 1. The van der Waals surface area contributed by atoms with Gasteiger partial charge in [-0.15, -0.1) is 0 Å². The zero-order valence-electron chi connectivity index (χ0n) is 12.2. The Kier molecular flexibility index (Phi) is 6.84. The van der Waals surface area contributed by atoms with Gasteiger partial charge in [-0.3, -0.25) is 9.59 Å². The maximum absolute atomic E-state index is 12.3. The van der Waals surface area contributed by atoms with E-state index in [2.05, 4.69) is 0 Å². The van der Waals surface area contributed by atoms with Gasteiger partial charge in [0.1, 0.15) is 5.92 Å². The molecule has 1 aliphatic heterocycles. The minimum atomic E-state index is -0.647. The van der Waals surface area contributed by atoms with Crippen molar-refractivity contribution in [3.05, 3.63) is 0 Å². The molecule has 5 heteroatoms. The van der Waals surface area contributed by atoms with E-state index in [1.165, 1.54) is 0 Å². The Morgan fingerprint density at radius 2 is 2.00 bits per heavy atom. The van der Waals surface area contributed by atoms with Crippen LogP contribution in [0, 0.1) is 11.8 Å². The molecule has 19 heavy (non-hydrogen) atoms. The Balaban J connectivity index is 2.50. The summed E-state index contributed by atoms with van der Waals surface area (Å²) in [4.78, 5) is 25.8. The van der Waals surface area contributed by atoms with E-state index in [1.54, 1.807) is 11.8 Å². The van der Waals surface area contributed by atoms with E-state index in [4.69, 9.17) is 9.47 Å². The summed E-state index contributed by atoms with van der Waals surface area (Å²) in [6.45, 7) is 8.67. The van der Waals surface area contributed by atoms with Gasteiger partial charge in [0, 0.05) is 25.6 Å². The highest BCUT2D eigenvalue weighted by Crippen LogP contribution is 2.20. The summed E-state index contributed by atoms with van der Waals surface area (Å²) in [5.74, 6) is -0.752. The molecule has 0 aromatic rings. The molecular weight excluding hydrogens is 246 g/mol. The van der Waals surface area contributed by atoms with Gasteiger partial charge in [-0.1, -0.05) is 6.92 Å². The van der Waals surface area contributed by atoms with E-state index in [-0.39, 0.29) is 5.91 Å². The first-order valence-electron chi connectivity index (χ1n) is 7.17. The molecule has 0 spiro atoms. The molecule has 0 N–H and O–H groups in total. The van der Waals surface area contributed by atoms with Gasteiger partial charge >= 0.3 is 5.97 Å². The fraction of sp³-hybridized carbons (Fsp3) is 0.857. The lowest BCUT2D eigenvalue weighted by Crippen LogP contribution is -2.38. The van der Waals surface area contributed by atoms with Crippen molar-refractivity contribution in [2.24, 2.45) is 11.8 Å². The lowest BCUT2D eigenvalue weighted by molar-refractivity contribution is -0.155. The van der Waals surface area contributed by atoms with E-state index in [1.807, 2.05) is 13.8 Å². The summed E-state index contributed by atoms with van der Waals surface area (Å²) in [5, 5.41) is 0. The van der Waals surface area contributed by atoms with Crippen LogP contribution < -0.4 is 0 Å². The molecule has 1 aliphatic rings. The molecule has 5 nitrogen and oxygen atoms in total. The van der Waals surface area contributed by atoms with E-state index in [0.717, 1.165) is 6.42 Å². The Hall–Kier alpha value is -1.10. The molecule has 2 atom stereocenters. The summed E-state index contributed by atoms with van der Waals surface area (Å²) in [6.07, 6.45) is 1.44. The predicted molar refractivity (Wildman–Crippen MR) is 71.6 cm³/mol. The average Bonchev–Trinajstić information content (AvgIpc) is 2.86. The zero-order valence-corrected chi connectivity index (χ0v) is 12.2. The number of hydrogen-bond acceptors (Lipinski definition) is 4. The van der Waals surface area contributed by atoms with Crippen LogP contribution in [0.2, 0.25) is 0 Å². The van der Waals surface area contributed by atoms with Crippen LogP contribution >= 0.6 is 0 Å². The molecule has 1 rings (SSSR count). The largest absolute Gasteiger partial charge is 0.465 e. The molecular formula is C14H25NO4. The quantitative estimate of drug-likeness (QED) is 0.519. The lowest BCUT2D eigenvalue weighted by atomic mass is 10.1. The van der Waals surface area contributed by atoms with Crippen LogP contribution in [0.15, 0.2) is 0 Å². The van der Waals surface area contributed by atoms with Crippen molar-refractivity contribution in [1.29, 1.82) is 0 Å². The Morgan fingerprint density at radius 1 is 1.26 bits per heavy atom. The lowest BCUT2D eigenvalue weighted by Gasteiger charge is -2.21. The molecule has 0 unspecified atom stereocenters. The molecule has 110 valence electrons. The third kappa shape index (κ3) is 4.49. The van der Waals surface area contributed by atoms with Crippen molar-refractivity contribution >= 4 is 11.9 Å². The molecule has 0 aromatic heterocycles. The molecule has 0 aliphatic carbocycles. The fourth-order valence-corrected chi connectivity index (χ4v) is 2.36. The molecule has 0 aromatic carbocycles. The second-order valence-electron chi connectivity index (χ2n) is 4.81. The number of carbonyl (C=O) groups is 2. The van der Waals surface area contributed by atoms with Crippen LogP contribution in [0.5, 0.6) is 0 Å². The number of ether oxygens (including phenoxy) is 2. The summed E-state index contributed by atoms with van der Waals surface area (Å²) >= 11 is 0. The minimum Gasteiger partial charge on any atom is -0.465 e. The third-order valence-electron chi connectivity index (χ3n) is 3.43. The van der Waals surface area contributed by atoms with Crippen molar-refractivity contribution in [3.8, 4) is 0 Å². The number of amides is 1. The maximum atomic E-state index is 12.3. The minimum absolute atomic E-state index is 0.0973. The normalized spacial score (nSPS) is 20.4. The van der Waals surface area contributed by atoms with Gasteiger partial charge < -0.3 is 14.4 Å². The van der Waals surface area contributed by atoms with Gasteiger partial charge in [-0.25, -0.2) is 0 Å². The molecule has 1 saturated heterocycles. The highest BCUT2D eigenvalue weighted by Gasteiger charge is 2.34. The molecule has 0 radical (unpaired) electrons. The van der Waals surface area contributed by atoms with Gasteiger partial charge in [0.2, 0.25) is 5.91 Å². The topological polar surface area (TPSA) is 55.8 Å². The number of hydrogen-bond donors (Lipinski definition) is 0. The van der Waals surface area contributed by atoms with Crippen LogP contribution in [0.25, 0.3) is 0 Å². The highest BCUT2D eigenvalue weighted by molar-refractivity contribution is 5.97. The Morgan fingerprint density at radius 3 is 2.58 bits per heavy atom. The summed E-state index contributed by atoms with van der Waals surface area (Å²) in [7, 11) is 0. The molecule has 0 bridgehead atoms. The van der Waals surface area contributed by atoms with Gasteiger partial charge in [-0.2, -0.15) is 0 Å². The average molecular weight is 271 g/mol. The SMILES string of the molecule is CCOC[C@H]1CCN(C(=O)[C@@H](CC)C(=O)OCC)C1. The van der Waals surface area contributed by atoms with E-state index in [9.17, 15) is 9.59 Å². The zero-order chi connectivity index (χ0) is 14.3. The monoisotopic (exact) mass is 271 g/mol. The summed E-state index contributed by atoms with van der Waals surface area (Å²) in [5.41, 5.74) is 0. The summed E-state index contributed by atoms with van der Waals surface area (Å²) in [6, 6.07) is 0. The summed E-state index contributed by atoms with van der Waals surface area (Å²) < 4.78 is 10.3. The van der Waals surface area contributed by atoms with Crippen LogP contribution in [-0.2, 0) is 19.1 Å². The Labute approximate surface area is 115 Å². The second kappa shape index (κ2) is 8.15. The second-order valence-corrected chi connectivity index (χ2v) is 4.81. The Bertz CT molecular complexity index is 306. The van der Waals surface area contributed by atoms with Gasteiger partial charge in [0.15, 0.2) is 0 Å². The third-order valence-corrected chi connectivity index (χ3v) is 3.43. The van der Waals surface area contributed by atoms with Crippen molar-refractivity contribution in [2.75, 3.05) is 32.9 Å². The van der Waals surface area contributed by atoms with Crippen molar-refractivity contribution in [2.45, 2.75) is 33.6 Å². The van der Waals surface area contributed by atoms with Crippen LogP contribution in [-0.4, -0.2) is 49.7 Å². The first kappa shape index (κ1) is 16.0. The molecule has 1 heterocycles. The molecule has 1 fully saturated rings. The molecule has 1 amide bonds. The highest BCUT2D eigenvalue weighted by atomic mass is 16.5. The fourth-order valence-electron chi connectivity index (χ4n) is 2.36. The standard InChI is InChI=1S/C14H25NO4/c1-4-12(14(17)19-6-3)13(16)15-8-7-11(9-15)10-18-5-2/h11-12H,4-10H2,1-3H3/t11-,12+/m0/s1. The van der Waals surface area contributed by atoms with E-state index < -0.39 is 11.9 Å². The van der Waals surface area contributed by atoms with Gasteiger partial charge in [0.05, 0.1) is 13.2 Å². The number of carbonyl (C=O) groups excluding carboxylic acids is 2. The number of esters is 1. The van der Waals surface area contributed by atoms with Crippen molar-refractivity contribution in [3.63, 3.8) is 0 Å². The molecule has 0 saturated carbocycles. The maximum Gasteiger partial charge on any atom is 0.318 e. The van der Waals surface area contributed by atoms with Gasteiger partial charge in [-0.05, 0) is 26.7 Å². The number of rotatable bonds is 7. The van der Waals surface area contributed by atoms with Crippen LogP contribution in [0.1, 0.15) is 33.6 Å². The number of likely N-dealkylation sites (tertiary alicyclic amines) is 1. The van der Waals surface area contributed by atoms with Crippen molar-refractivity contribution < 1.29 is 19.1 Å². The van der Waals surface area contributed by atoms with Crippen molar-refractivity contribution in [1.82, 2.24) is 4.90 Å². The predicted octanol–water partition coefficient (Wildman–Crippen LogP) is 1.46. The van der Waals surface area contributed by atoms with Gasteiger partial charge in [0.25, 0.3) is 0 Å². The first-order valence-corrected chi connectivity index (χ1v) is 7.17. The van der Waals surface area contributed by atoms with E-state index in [0.29, 0.717) is 45.2 Å². The van der Waals surface area contributed by atoms with Crippen LogP contribution in [0.3, 0.4) is 0 Å².